The van der Waals surface area contributed by atoms with Crippen molar-refractivity contribution in [3.63, 3.8) is 0 Å². The van der Waals surface area contributed by atoms with Crippen LogP contribution in [0.4, 0.5) is 5.69 Å². The van der Waals surface area contributed by atoms with Crippen LogP contribution in [-0.2, 0) is 16.0 Å². The van der Waals surface area contributed by atoms with E-state index in [1.54, 1.807) is 23.1 Å². The average Bonchev–Trinajstić information content (AvgIpc) is 3.30. The number of hydrogen-bond acceptors (Lipinski definition) is 4. The second kappa shape index (κ2) is 8.13. The molecule has 1 aliphatic rings. The van der Waals surface area contributed by atoms with E-state index < -0.39 is 5.92 Å². The van der Waals surface area contributed by atoms with Crippen LogP contribution in [0.25, 0.3) is 5.65 Å². The summed E-state index contributed by atoms with van der Waals surface area (Å²) in [5, 5.41) is 3.43. The summed E-state index contributed by atoms with van der Waals surface area (Å²) in [4.78, 5) is 31.2. The van der Waals surface area contributed by atoms with Crippen molar-refractivity contribution in [1.82, 2.24) is 14.7 Å². The van der Waals surface area contributed by atoms with E-state index in [1.165, 1.54) is 7.11 Å². The number of hydrogen-bond donors (Lipinski definition) is 1. The van der Waals surface area contributed by atoms with Gasteiger partial charge in [-0.2, -0.15) is 0 Å². The highest BCUT2D eigenvalue weighted by Gasteiger charge is 2.36. The number of nitrogens with zero attached hydrogens (tertiary/aromatic N) is 3. The minimum atomic E-state index is -0.410. The second-order valence-electron chi connectivity index (χ2n) is 6.96. The van der Waals surface area contributed by atoms with Gasteiger partial charge in [0.2, 0.25) is 11.8 Å². The minimum absolute atomic E-state index is 0.119. The highest BCUT2D eigenvalue weighted by Crippen LogP contribution is 2.35. The van der Waals surface area contributed by atoms with Gasteiger partial charge in [-0.1, -0.05) is 17.7 Å². The first kappa shape index (κ1) is 19.3. The van der Waals surface area contributed by atoms with Crippen molar-refractivity contribution in [2.24, 2.45) is 5.92 Å². The van der Waals surface area contributed by atoms with Gasteiger partial charge in [0.1, 0.15) is 11.4 Å². The maximum atomic E-state index is 12.6. The van der Waals surface area contributed by atoms with Crippen LogP contribution in [0.5, 0.6) is 5.75 Å². The Morgan fingerprint density at radius 1 is 1.34 bits per heavy atom. The number of pyridine rings is 1. The number of carbonyl (C=O) groups is 2. The Morgan fingerprint density at radius 3 is 3.00 bits per heavy atom. The second-order valence-corrected chi connectivity index (χ2v) is 7.40. The van der Waals surface area contributed by atoms with Gasteiger partial charge < -0.3 is 19.4 Å². The number of methoxy groups -OCH3 is 1. The summed E-state index contributed by atoms with van der Waals surface area (Å²) >= 11 is 6.07. The number of fused-ring (bicyclic) bond motifs is 1. The fraction of sp³-hybridized carbons (Fsp3) is 0.286. The van der Waals surface area contributed by atoms with Crippen LogP contribution in [0.3, 0.4) is 0 Å². The van der Waals surface area contributed by atoms with Gasteiger partial charge in [0.15, 0.2) is 0 Å². The standard InChI is InChI=1S/C21H21ClN4O3/c1-29-18-6-5-15(22)11-17(18)26-12-14(10-20(26)27)21(28)23-8-7-16-13-25-9-3-2-4-19(25)24-16/h2-6,9,11,13-14H,7-8,10,12H2,1H3,(H,23,28). The molecule has 1 N–H and O–H groups in total. The molecule has 2 amide bonds. The molecule has 8 heteroatoms. The molecule has 3 heterocycles. The molecule has 7 nitrogen and oxygen atoms in total. The molecule has 1 aromatic carbocycles. The third-order valence-electron chi connectivity index (χ3n) is 5.02. The Bertz CT molecular complexity index is 1030. The molecular formula is C21H21ClN4O3. The number of anilines is 1. The van der Waals surface area contributed by atoms with Crippen molar-refractivity contribution >= 4 is 34.7 Å². The normalized spacial score (nSPS) is 16.4. The van der Waals surface area contributed by atoms with E-state index in [-0.39, 0.29) is 18.2 Å². The van der Waals surface area contributed by atoms with E-state index in [4.69, 9.17) is 16.3 Å². The number of nitrogens with one attached hydrogen (secondary N) is 1. The van der Waals surface area contributed by atoms with Crippen molar-refractivity contribution in [1.29, 1.82) is 0 Å². The lowest BCUT2D eigenvalue weighted by molar-refractivity contribution is -0.126. The highest BCUT2D eigenvalue weighted by molar-refractivity contribution is 6.31. The fourth-order valence-electron chi connectivity index (χ4n) is 3.56. The molecule has 4 rings (SSSR count). The Hall–Kier alpha value is -3.06. The van der Waals surface area contributed by atoms with Crippen LogP contribution in [0.2, 0.25) is 5.02 Å². The summed E-state index contributed by atoms with van der Waals surface area (Å²) in [6, 6.07) is 10.9. The SMILES string of the molecule is COc1ccc(Cl)cc1N1CC(C(=O)NCCc2cn3ccccc3n2)CC1=O. The van der Waals surface area contributed by atoms with Crippen LogP contribution in [0.15, 0.2) is 48.8 Å². The van der Waals surface area contributed by atoms with Crippen molar-refractivity contribution in [2.75, 3.05) is 25.1 Å². The van der Waals surface area contributed by atoms with E-state index in [9.17, 15) is 9.59 Å². The van der Waals surface area contributed by atoms with Gasteiger partial charge in [0.25, 0.3) is 0 Å². The lowest BCUT2D eigenvalue weighted by Crippen LogP contribution is -2.34. The summed E-state index contributed by atoms with van der Waals surface area (Å²) in [5.74, 6) is -0.111. The molecule has 1 saturated heterocycles. The van der Waals surface area contributed by atoms with E-state index in [1.807, 2.05) is 35.0 Å². The summed E-state index contributed by atoms with van der Waals surface area (Å²) < 4.78 is 7.28. The molecule has 0 radical (unpaired) electrons. The number of amides is 2. The van der Waals surface area contributed by atoms with E-state index >= 15 is 0 Å². The summed E-state index contributed by atoms with van der Waals surface area (Å²) in [5.41, 5.74) is 2.37. The Labute approximate surface area is 173 Å². The summed E-state index contributed by atoms with van der Waals surface area (Å²) in [6.07, 6.45) is 4.68. The number of rotatable bonds is 6. The van der Waals surface area contributed by atoms with Crippen molar-refractivity contribution in [2.45, 2.75) is 12.8 Å². The molecule has 2 aromatic heterocycles. The van der Waals surface area contributed by atoms with Crippen LogP contribution < -0.4 is 15.0 Å². The number of imidazole rings is 1. The van der Waals surface area contributed by atoms with Gasteiger partial charge in [-0.15, -0.1) is 0 Å². The van der Waals surface area contributed by atoms with Gasteiger partial charge in [0, 0.05) is 43.3 Å². The zero-order chi connectivity index (χ0) is 20.4. The van der Waals surface area contributed by atoms with Gasteiger partial charge in [0.05, 0.1) is 24.4 Å². The quantitative estimate of drug-likeness (QED) is 0.675. The maximum absolute atomic E-state index is 12.6. The Kier molecular flexibility index (Phi) is 5.40. The predicted molar refractivity (Wildman–Crippen MR) is 110 cm³/mol. The third-order valence-corrected chi connectivity index (χ3v) is 5.26. The Morgan fingerprint density at radius 2 is 2.21 bits per heavy atom. The fourth-order valence-corrected chi connectivity index (χ4v) is 3.72. The lowest BCUT2D eigenvalue weighted by atomic mass is 10.1. The summed E-state index contributed by atoms with van der Waals surface area (Å²) in [7, 11) is 1.54. The molecule has 0 bridgehead atoms. The molecule has 0 spiro atoms. The molecule has 1 fully saturated rings. The monoisotopic (exact) mass is 412 g/mol. The largest absolute Gasteiger partial charge is 0.495 e. The summed E-state index contributed by atoms with van der Waals surface area (Å²) in [6.45, 7) is 0.767. The first-order valence-corrected chi connectivity index (χ1v) is 9.77. The smallest absolute Gasteiger partial charge is 0.227 e. The number of aromatic nitrogens is 2. The number of halogens is 1. The highest BCUT2D eigenvalue weighted by atomic mass is 35.5. The van der Waals surface area contributed by atoms with Crippen LogP contribution in [0.1, 0.15) is 12.1 Å². The van der Waals surface area contributed by atoms with Crippen LogP contribution in [0, 0.1) is 5.92 Å². The Balaban J connectivity index is 1.36. The first-order chi connectivity index (χ1) is 14.0. The molecule has 0 saturated carbocycles. The molecule has 29 heavy (non-hydrogen) atoms. The molecule has 150 valence electrons. The van der Waals surface area contributed by atoms with Gasteiger partial charge in [-0.05, 0) is 30.3 Å². The van der Waals surface area contributed by atoms with E-state index in [0.29, 0.717) is 36.0 Å². The van der Waals surface area contributed by atoms with E-state index in [2.05, 4.69) is 10.3 Å². The minimum Gasteiger partial charge on any atom is -0.495 e. The van der Waals surface area contributed by atoms with Crippen molar-refractivity contribution < 1.29 is 14.3 Å². The number of ether oxygens (including phenoxy) is 1. The lowest BCUT2D eigenvalue weighted by Gasteiger charge is -2.19. The zero-order valence-electron chi connectivity index (χ0n) is 16.0. The number of benzene rings is 1. The maximum Gasteiger partial charge on any atom is 0.227 e. The first-order valence-electron chi connectivity index (χ1n) is 9.39. The third kappa shape index (κ3) is 4.05. The predicted octanol–water partition coefficient (Wildman–Crippen LogP) is 2.71. The van der Waals surface area contributed by atoms with Gasteiger partial charge >= 0.3 is 0 Å². The topological polar surface area (TPSA) is 75.9 Å². The molecular weight excluding hydrogens is 392 g/mol. The van der Waals surface area contributed by atoms with Gasteiger partial charge in [-0.25, -0.2) is 4.98 Å². The van der Waals surface area contributed by atoms with Gasteiger partial charge in [-0.3, -0.25) is 9.59 Å². The van der Waals surface area contributed by atoms with Crippen LogP contribution >= 0.6 is 11.6 Å². The molecule has 0 aliphatic carbocycles. The van der Waals surface area contributed by atoms with Crippen molar-refractivity contribution in [3.8, 4) is 5.75 Å². The molecule has 1 aliphatic heterocycles. The van der Waals surface area contributed by atoms with E-state index in [0.717, 1.165) is 11.3 Å². The van der Waals surface area contributed by atoms with Crippen LogP contribution in [-0.4, -0.2) is 41.4 Å². The molecule has 1 atom stereocenters. The molecule has 1 unspecified atom stereocenters. The average molecular weight is 413 g/mol. The zero-order valence-corrected chi connectivity index (χ0v) is 16.7. The molecule has 3 aromatic rings. The van der Waals surface area contributed by atoms with Crippen molar-refractivity contribution in [3.05, 3.63) is 59.5 Å². The number of carbonyl (C=O) groups excluding carboxylic acids is 2.